The molecule has 1 aromatic heterocycles. The summed E-state index contributed by atoms with van der Waals surface area (Å²) in [6, 6.07) is 18.9. The molecule has 0 aliphatic rings. The van der Waals surface area contributed by atoms with E-state index in [4.69, 9.17) is 14.2 Å². The molecular weight excluding hydrogens is 384 g/mol. The molecule has 3 rings (SSSR count). The second kappa shape index (κ2) is 10.1. The van der Waals surface area contributed by atoms with Gasteiger partial charge in [-0.15, -0.1) is 0 Å². The molecule has 154 valence electrons. The fourth-order valence-corrected chi connectivity index (χ4v) is 2.78. The second-order valence-corrected chi connectivity index (χ2v) is 6.21. The van der Waals surface area contributed by atoms with Crippen LogP contribution < -0.4 is 14.8 Å². The Morgan fingerprint density at radius 1 is 1.03 bits per heavy atom. The van der Waals surface area contributed by atoms with Gasteiger partial charge in [0.05, 0.1) is 13.7 Å². The molecule has 2 aromatic carbocycles. The molecule has 0 saturated heterocycles. The van der Waals surface area contributed by atoms with E-state index in [1.807, 2.05) is 6.07 Å². The lowest BCUT2D eigenvalue weighted by Gasteiger charge is -2.19. The van der Waals surface area contributed by atoms with Gasteiger partial charge >= 0.3 is 5.97 Å². The molecule has 0 aliphatic heterocycles. The summed E-state index contributed by atoms with van der Waals surface area (Å²) in [4.78, 5) is 29.9. The zero-order valence-electron chi connectivity index (χ0n) is 16.7. The summed E-state index contributed by atoms with van der Waals surface area (Å²) in [6.45, 7) is 2.13. The summed E-state index contributed by atoms with van der Waals surface area (Å²) < 4.78 is 16.2. The molecule has 0 unspecified atom stereocenters. The zero-order chi connectivity index (χ0) is 21.3. The highest BCUT2D eigenvalue weighted by Crippen LogP contribution is 2.25. The predicted octanol–water partition coefficient (Wildman–Crippen LogP) is 4.03. The van der Waals surface area contributed by atoms with E-state index in [-0.39, 0.29) is 11.4 Å². The van der Waals surface area contributed by atoms with Gasteiger partial charge < -0.3 is 19.5 Å². The first kappa shape index (κ1) is 20.9. The van der Waals surface area contributed by atoms with Gasteiger partial charge in [-0.3, -0.25) is 4.79 Å². The molecule has 1 amide bonds. The van der Waals surface area contributed by atoms with Crippen molar-refractivity contribution in [3.63, 3.8) is 0 Å². The number of benzene rings is 2. The first-order valence-electron chi connectivity index (χ1n) is 9.41. The molecular formula is C23H22N2O5. The van der Waals surface area contributed by atoms with Gasteiger partial charge in [0.2, 0.25) is 12.0 Å². The number of nitrogens with one attached hydrogen (secondary N) is 1. The number of hydrogen-bond acceptors (Lipinski definition) is 6. The molecule has 0 bridgehead atoms. The van der Waals surface area contributed by atoms with Crippen molar-refractivity contribution in [3.8, 4) is 11.6 Å². The van der Waals surface area contributed by atoms with Gasteiger partial charge in [-0.1, -0.05) is 36.4 Å². The fourth-order valence-electron chi connectivity index (χ4n) is 2.78. The quantitative estimate of drug-likeness (QED) is 0.569. The summed E-state index contributed by atoms with van der Waals surface area (Å²) in [5.74, 6) is -0.450. The highest BCUT2D eigenvalue weighted by molar-refractivity contribution is 5.98. The van der Waals surface area contributed by atoms with Crippen molar-refractivity contribution < 1.29 is 23.8 Å². The van der Waals surface area contributed by atoms with Crippen LogP contribution in [0.15, 0.2) is 72.9 Å². The number of methoxy groups -OCH3 is 1. The first-order valence-corrected chi connectivity index (χ1v) is 9.41. The van der Waals surface area contributed by atoms with Crippen LogP contribution in [0.2, 0.25) is 0 Å². The molecule has 0 fully saturated rings. The number of carbonyl (C=O) groups is 2. The maximum atomic E-state index is 13.0. The van der Waals surface area contributed by atoms with Gasteiger partial charge in [-0.05, 0) is 31.2 Å². The summed E-state index contributed by atoms with van der Waals surface area (Å²) in [6.07, 6.45) is 0.353. The average molecular weight is 406 g/mol. The predicted molar refractivity (Wildman–Crippen MR) is 112 cm³/mol. The number of aromatic nitrogens is 1. The minimum atomic E-state index is -1.17. The molecule has 1 heterocycles. The highest BCUT2D eigenvalue weighted by Gasteiger charge is 2.27. The number of hydrogen-bond donors (Lipinski definition) is 1. The lowest BCUT2D eigenvalue weighted by atomic mass is 10.1. The number of anilines is 1. The summed E-state index contributed by atoms with van der Waals surface area (Å²) in [7, 11) is 1.54. The third kappa shape index (κ3) is 5.14. The molecule has 3 aromatic rings. The Hall–Kier alpha value is -3.87. The SMILES string of the molecule is CCOc1ncccc1C(=O)O[C@@H](C(=O)Nc1cccc(OC)c1)c1ccccc1. The maximum absolute atomic E-state index is 13.0. The van der Waals surface area contributed by atoms with Crippen LogP contribution in [0.4, 0.5) is 5.69 Å². The number of rotatable bonds is 8. The van der Waals surface area contributed by atoms with Crippen molar-refractivity contribution in [2.45, 2.75) is 13.0 Å². The van der Waals surface area contributed by atoms with E-state index in [1.165, 1.54) is 6.20 Å². The Balaban J connectivity index is 1.86. The van der Waals surface area contributed by atoms with Crippen LogP contribution in [0.5, 0.6) is 11.6 Å². The van der Waals surface area contributed by atoms with Crippen molar-refractivity contribution in [1.29, 1.82) is 0 Å². The Morgan fingerprint density at radius 3 is 2.57 bits per heavy atom. The smallest absolute Gasteiger partial charge is 0.344 e. The van der Waals surface area contributed by atoms with E-state index in [0.29, 0.717) is 23.6 Å². The van der Waals surface area contributed by atoms with Crippen LogP contribution in [0.25, 0.3) is 0 Å². The van der Waals surface area contributed by atoms with Gasteiger partial charge in [0, 0.05) is 23.5 Å². The number of carbonyl (C=O) groups excluding carboxylic acids is 2. The number of esters is 1. The van der Waals surface area contributed by atoms with E-state index in [2.05, 4.69) is 10.3 Å². The number of pyridine rings is 1. The van der Waals surface area contributed by atoms with Crippen LogP contribution in [-0.2, 0) is 9.53 Å². The van der Waals surface area contributed by atoms with Crippen molar-refractivity contribution in [2.75, 3.05) is 19.0 Å². The number of nitrogens with zero attached hydrogens (tertiary/aromatic N) is 1. The fraction of sp³-hybridized carbons (Fsp3) is 0.174. The molecule has 0 radical (unpaired) electrons. The average Bonchev–Trinajstić information content (AvgIpc) is 2.78. The molecule has 1 N–H and O–H groups in total. The summed E-state index contributed by atoms with van der Waals surface area (Å²) >= 11 is 0. The van der Waals surface area contributed by atoms with Crippen molar-refractivity contribution in [3.05, 3.63) is 84.1 Å². The van der Waals surface area contributed by atoms with Crippen molar-refractivity contribution in [1.82, 2.24) is 4.98 Å². The molecule has 0 spiro atoms. The van der Waals surface area contributed by atoms with E-state index >= 15 is 0 Å². The monoisotopic (exact) mass is 406 g/mol. The Kier molecular flexibility index (Phi) is 7.00. The van der Waals surface area contributed by atoms with E-state index in [9.17, 15) is 9.59 Å². The van der Waals surface area contributed by atoms with Gasteiger partial charge in [0.25, 0.3) is 5.91 Å². The largest absolute Gasteiger partial charge is 0.497 e. The maximum Gasteiger partial charge on any atom is 0.344 e. The van der Waals surface area contributed by atoms with Gasteiger partial charge in [-0.2, -0.15) is 0 Å². The molecule has 1 atom stereocenters. The lowest BCUT2D eigenvalue weighted by Crippen LogP contribution is -2.26. The minimum absolute atomic E-state index is 0.148. The standard InChI is InChI=1S/C23H22N2O5/c1-3-29-22-19(13-8-14-24-22)23(27)30-20(16-9-5-4-6-10-16)21(26)25-17-11-7-12-18(15-17)28-2/h4-15,20H,3H2,1-2H3,(H,25,26)/t20-/m1/s1. The number of amides is 1. The molecule has 7 nitrogen and oxygen atoms in total. The van der Waals surface area contributed by atoms with Crippen LogP contribution in [0, 0.1) is 0 Å². The van der Waals surface area contributed by atoms with Gasteiger partial charge in [0.15, 0.2) is 0 Å². The van der Waals surface area contributed by atoms with Crippen LogP contribution in [0.3, 0.4) is 0 Å². The molecule has 0 aliphatic carbocycles. The summed E-state index contributed by atoms with van der Waals surface area (Å²) in [5, 5.41) is 2.77. The van der Waals surface area contributed by atoms with Gasteiger partial charge in [-0.25, -0.2) is 9.78 Å². The Labute approximate surface area is 174 Å². The van der Waals surface area contributed by atoms with Gasteiger partial charge in [0.1, 0.15) is 11.3 Å². The zero-order valence-corrected chi connectivity index (χ0v) is 16.7. The van der Waals surface area contributed by atoms with Crippen LogP contribution in [-0.4, -0.2) is 30.6 Å². The second-order valence-electron chi connectivity index (χ2n) is 6.21. The minimum Gasteiger partial charge on any atom is -0.497 e. The Bertz CT molecular complexity index is 1010. The molecule has 0 saturated carbocycles. The third-order valence-corrected chi connectivity index (χ3v) is 4.17. The third-order valence-electron chi connectivity index (χ3n) is 4.17. The number of ether oxygens (including phenoxy) is 3. The van der Waals surface area contributed by atoms with Crippen LogP contribution >= 0.6 is 0 Å². The van der Waals surface area contributed by atoms with Crippen molar-refractivity contribution >= 4 is 17.6 Å². The first-order chi connectivity index (χ1) is 14.6. The van der Waals surface area contributed by atoms with E-state index < -0.39 is 18.0 Å². The Morgan fingerprint density at radius 2 is 1.83 bits per heavy atom. The summed E-state index contributed by atoms with van der Waals surface area (Å²) in [5.41, 5.74) is 1.20. The van der Waals surface area contributed by atoms with Crippen molar-refractivity contribution in [2.24, 2.45) is 0 Å². The molecule has 7 heteroatoms. The van der Waals surface area contributed by atoms with E-state index in [0.717, 1.165) is 0 Å². The van der Waals surface area contributed by atoms with E-state index in [1.54, 1.807) is 74.7 Å². The normalized spacial score (nSPS) is 11.3. The highest BCUT2D eigenvalue weighted by atomic mass is 16.6. The lowest BCUT2D eigenvalue weighted by molar-refractivity contribution is -0.125. The molecule has 30 heavy (non-hydrogen) atoms. The topological polar surface area (TPSA) is 86.8 Å². The van der Waals surface area contributed by atoms with Crippen LogP contribution in [0.1, 0.15) is 28.9 Å².